The van der Waals surface area contributed by atoms with Crippen LogP contribution in [0.5, 0.6) is 0 Å². The number of hydrogen-bond donors (Lipinski definition) is 3. The quantitative estimate of drug-likeness (QED) is 0.213. The number of aliphatic hydroxyl groups excluding tert-OH is 1. The number of methoxy groups -OCH3 is 1. The standard InChI is InChI=1S/C39H49N3O6/c1-38(2)20-31-21-39(3,24-38)25-42(31)22-32-19-34(28-12-10-27(23-43)11-13-28)48-36(47-32)29-14-16-30(17-15-29)40-37(45)41-33(35(44)46-4)18-26-8-6-5-7-9-26/h5-17,31-34,36,43H,18-25H2,1-4H3,(H2,40,41,45)/t31?,32-,33-,34+,36+,39?/m0/s1. The molecule has 0 aromatic heterocycles. The molecular formula is C39H49N3O6. The third-order valence-electron chi connectivity index (χ3n) is 10.1. The van der Waals surface area contributed by atoms with Gasteiger partial charge in [-0.1, -0.05) is 87.5 Å². The first-order valence-corrected chi connectivity index (χ1v) is 17.1. The largest absolute Gasteiger partial charge is 0.467 e. The van der Waals surface area contributed by atoms with Gasteiger partial charge in [-0.15, -0.1) is 0 Å². The molecule has 48 heavy (non-hydrogen) atoms. The van der Waals surface area contributed by atoms with Gasteiger partial charge in [-0.25, -0.2) is 9.59 Å². The van der Waals surface area contributed by atoms with E-state index in [0.717, 1.165) is 41.8 Å². The zero-order valence-electron chi connectivity index (χ0n) is 28.5. The molecule has 3 aliphatic rings. The van der Waals surface area contributed by atoms with Crippen molar-refractivity contribution in [1.29, 1.82) is 0 Å². The molecule has 0 spiro atoms. The number of ether oxygens (including phenoxy) is 3. The van der Waals surface area contributed by atoms with Gasteiger partial charge in [0.05, 0.1) is 25.9 Å². The highest BCUT2D eigenvalue weighted by Crippen LogP contribution is 2.53. The summed E-state index contributed by atoms with van der Waals surface area (Å²) in [5.41, 5.74) is 4.95. The fourth-order valence-corrected chi connectivity index (χ4v) is 8.32. The van der Waals surface area contributed by atoms with Crippen molar-refractivity contribution in [1.82, 2.24) is 10.2 Å². The lowest BCUT2D eigenvalue weighted by molar-refractivity contribution is -0.253. The second kappa shape index (κ2) is 14.4. The highest BCUT2D eigenvalue weighted by atomic mass is 16.7. The second-order valence-electron chi connectivity index (χ2n) is 15.0. The first kappa shape index (κ1) is 34.1. The van der Waals surface area contributed by atoms with Gasteiger partial charge in [0, 0.05) is 43.2 Å². The third kappa shape index (κ3) is 8.26. The molecule has 1 saturated carbocycles. The van der Waals surface area contributed by atoms with Gasteiger partial charge in [0.15, 0.2) is 6.29 Å². The van der Waals surface area contributed by atoms with E-state index in [4.69, 9.17) is 14.2 Å². The van der Waals surface area contributed by atoms with E-state index in [1.807, 2.05) is 78.9 Å². The van der Waals surface area contributed by atoms with E-state index in [0.29, 0.717) is 29.0 Å². The van der Waals surface area contributed by atoms with Crippen molar-refractivity contribution in [2.24, 2.45) is 10.8 Å². The first-order valence-electron chi connectivity index (χ1n) is 17.1. The van der Waals surface area contributed by atoms with Crippen LogP contribution in [0.4, 0.5) is 10.5 Å². The van der Waals surface area contributed by atoms with Crippen LogP contribution in [0, 0.1) is 10.8 Å². The number of nitrogens with one attached hydrogen (secondary N) is 2. The number of rotatable bonds is 10. The number of benzene rings is 3. The molecule has 3 fully saturated rings. The van der Waals surface area contributed by atoms with Crippen LogP contribution in [0.2, 0.25) is 0 Å². The van der Waals surface area contributed by atoms with Gasteiger partial charge in [0.1, 0.15) is 6.04 Å². The van der Waals surface area contributed by atoms with E-state index in [-0.39, 0.29) is 18.8 Å². The zero-order chi connectivity index (χ0) is 33.9. The lowest BCUT2D eigenvalue weighted by Crippen LogP contribution is -2.45. The number of carbonyl (C=O) groups is 2. The molecule has 2 unspecified atom stereocenters. The molecule has 6 rings (SSSR count). The molecule has 2 saturated heterocycles. The van der Waals surface area contributed by atoms with E-state index in [2.05, 4.69) is 36.3 Å². The predicted octanol–water partition coefficient (Wildman–Crippen LogP) is 6.53. The number of likely N-dealkylation sites (tertiary alicyclic amines) is 1. The van der Waals surface area contributed by atoms with Gasteiger partial charge in [0.2, 0.25) is 0 Å². The number of anilines is 1. The van der Waals surface area contributed by atoms with Gasteiger partial charge in [-0.2, -0.15) is 0 Å². The van der Waals surface area contributed by atoms with Crippen LogP contribution in [0.25, 0.3) is 0 Å². The monoisotopic (exact) mass is 655 g/mol. The summed E-state index contributed by atoms with van der Waals surface area (Å²) < 4.78 is 18.2. The molecule has 2 bridgehead atoms. The van der Waals surface area contributed by atoms with E-state index in [1.165, 1.54) is 26.4 Å². The molecule has 6 atom stereocenters. The van der Waals surface area contributed by atoms with E-state index < -0.39 is 24.3 Å². The van der Waals surface area contributed by atoms with E-state index in [1.54, 1.807) is 0 Å². The highest BCUT2D eigenvalue weighted by Gasteiger charge is 2.50. The maximum absolute atomic E-state index is 12.9. The van der Waals surface area contributed by atoms with Crippen LogP contribution in [0.1, 0.15) is 81.1 Å². The topological polar surface area (TPSA) is 109 Å². The van der Waals surface area contributed by atoms with Crippen LogP contribution in [-0.2, 0) is 32.0 Å². The van der Waals surface area contributed by atoms with Crippen molar-refractivity contribution in [2.45, 2.75) is 90.1 Å². The normalized spacial score (nSPS) is 27.2. The minimum atomic E-state index is -0.829. The Morgan fingerprint density at radius 3 is 2.33 bits per heavy atom. The van der Waals surface area contributed by atoms with E-state index >= 15 is 0 Å². The Balaban J connectivity index is 1.14. The minimum absolute atomic E-state index is 0.000405. The Morgan fingerprint density at radius 2 is 1.65 bits per heavy atom. The fraction of sp³-hybridized carbons (Fsp3) is 0.487. The maximum atomic E-state index is 12.9. The molecule has 3 aromatic carbocycles. The van der Waals surface area contributed by atoms with Crippen molar-refractivity contribution < 1.29 is 28.9 Å². The van der Waals surface area contributed by atoms with Crippen molar-refractivity contribution in [3.63, 3.8) is 0 Å². The summed E-state index contributed by atoms with van der Waals surface area (Å²) in [5.74, 6) is -0.513. The number of aliphatic hydroxyl groups is 1. The van der Waals surface area contributed by atoms with Crippen molar-refractivity contribution >= 4 is 17.7 Å². The summed E-state index contributed by atoms with van der Waals surface area (Å²) in [6.45, 7) is 9.18. The van der Waals surface area contributed by atoms with Crippen LogP contribution in [0.15, 0.2) is 78.9 Å². The summed E-state index contributed by atoms with van der Waals surface area (Å²) >= 11 is 0. The van der Waals surface area contributed by atoms with Gasteiger partial charge < -0.3 is 30.0 Å². The average Bonchev–Trinajstić information content (AvgIpc) is 3.31. The molecule has 3 N–H and O–H groups in total. The Hall–Kier alpha value is -3.76. The van der Waals surface area contributed by atoms with Gasteiger partial charge in [0.25, 0.3) is 0 Å². The van der Waals surface area contributed by atoms with Gasteiger partial charge in [-0.3, -0.25) is 4.90 Å². The van der Waals surface area contributed by atoms with Crippen LogP contribution in [-0.4, -0.2) is 60.4 Å². The Morgan fingerprint density at radius 1 is 0.938 bits per heavy atom. The Labute approximate surface area is 284 Å². The lowest BCUT2D eigenvalue weighted by atomic mass is 9.65. The summed E-state index contributed by atoms with van der Waals surface area (Å²) in [5, 5.41) is 15.2. The molecule has 9 nitrogen and oxygen atoms in total. The number of amides is 2. The van der Waals surface area contributed by atoms with Crippen LogP contribution < -0.4 is 10.6 Å². The van der Waals surface area contributed by atoms with Crippen LogP contribution >= 0.6 is 0 Å². The molecule has 2 heterocycles. The number of esters is 1. The summed E-state index contributed by atoms with van der Waals surface area (Å²) in [4.78, 5) is 28.0. The number of nitrogens with zero attached hydrogens (tertiary/aromatic N) is 1. The molecule has 1 aliphatic carbocycles. The van der Waals surface area contributed by atoms with Crippen molar-refractivity contribution in [2.75, 3.05) is 25.5 Å². The Kier molecular flexibility index (Phi) is 10.2. The molecule has 2 aliphatic heterocycles. The van der Waals surface area contributed by atoms with Gasteiger partial charge in [-0.05, 0) is 58.9 Å². The Bertz CT molecular complexity index is 1550. The average molecular weight is 656 g/mol. The number of carbonyl (C=O) groups excluding carboxylic acids is 2. The molecule has 9 heteroatoms. The van der Waals surface area contributed by atoms with Crippen LogP contribution in [0.3, 0.4) is 0 Å². The van der Waals surface area contributed by atoms with Crippen molar-refractivity contribution in [3.05, 3.63) is 101 Å². The first-order chi connectivity index (χ1) is 23.0. The van der Waals surface area contributed by atoms with E-state index in [9.17, 15) is 14.7 Å². The number of fused-ring (bicyclic) bond motifs is 2. The SMILES string of the molecule is COC(=O)[C@H](Cc1ccccc1)NC(=O)Nc1ccc([C@@H]2O[C@H](CN3CC4(C)CC3CC(C)(C)C4)C[C@H](c3ccc(CO)cc3)O2)cc1. The summed E-state index contributed by atoms with van der Waals surface area (Å²) in [7, 11) is 1.31. The number of urea groups is 1. The molecule has 0 radical (unpaired) electrons. The smallest absolute Gasteiger partial charge is 0.328 e. The lowest BCUT2D eigenvalue weighted by Gasteiger charge is -2.41. The fourth-order valence-electron chi connectivity index (χ4n) is 8.32. The highest BCUT2D eigenvalue weighted by molar-refractivity contribution is 5.92. The molecule has 3 aromatic rings. The molecule has 2 amide bonds. The minimum Gasteiger partial charge on any atom is -0.467 e. The predicted molar refractivity (Wildman–Crippen MR) is 184 cm³/mol. The summed E-state index contributed by atoms with van der Waals surface area (Å²) in [6.07, 6.45) is 3.97. The molecule has 256 valence electrons. The number of hydrogen-bond acceptors (Lipinski definition) is 7. The summed E-state index contributed by atoms with van der Waals surface area (Å²) in [6, 6.07) is 24.1. The second-order valence-corrected chi connectivity index (χ2v) is 15.0. The molecular weight excluding hydrogens is 606 g/mol. The third-order valence-corrected chi connectivity index (χ3v) is 10.1. The van der Waals surface area contributed by atoms with Crippen molar-refractivity contribution in [3.8, 4) is 0 Å². The zero-order valence-corrected chi connectivity index (χ0v) is 28.5. The van der Waals surface area contributed by atoms with Gasteiger partial charge >= 0.3 is 12.0 Å². The maximum Gasteiger partial charge on any atom is 0.328 e.